The average Bonchev–Trinajstić information content (AvgIpc) is 2.38. The first kappa shape index (κ1) is 11.1. The van der Waals surface area contributed by atoms with Gasteiger partial charge in [-0.15, -0.1) is 0 Å². The summed E-state index contributed by atoms with van der Waals surface area (Å²) >= 11 is 0. The van der Waals surface area contributed by atoms with E-state index in [4.69, 9.17) is 5.73 Å². The van der Waals surface area contributed by atoms with Gasteiger partial charge in [-0.2, -0.15) is 0 Å². The summed E-state index contributed by atoms with van der Waals surface area (Å²) in [6, 6.07) is 16.6. The SMILES string of the molecule is Nc1ccc(C(=O)/C=C/c2ccccc2)cc1. The van der Waals surface area contributed by atoms with Crippen molar-refractivity contribution < 1.29 is 4.79 Å². The van der Waals surface area contributed by atoms with Gasteiger partial charge < -0.3 is 5.73 Å². The van der Waals surface area contributed by atoms with Gasteiger partial charge in [0.2, 0.25) is 0 Å². The second-order valence-corrected chi connectivity index (χ2v) is 3.73. The zero-order valence-electron chi connectivity index (χ0n) is 9.34. The molecule has 0 bridgehead atoms. The predicted octanol–water partition coefficient (Wildman–Crippen LogP) is 3.16. The molecule has 2 aromatic rings. The minimum Gasteiger partial charge on any atom is -0.399 e. The van der Waals surface area contributed by atoms with Crippen LogP contribution in [0.5, 0.6) is 0 Å². The number of benzene rings is 2. The van der Waals surface area contributed by atoms with Crippen molar-refractivity contribution in [2.45, 2.75) is 0 Å². The summed E-state index contributed by atoms with van der Waals surface area (Å²) in [6.45, 7) is 0. The van der Waals surface area contributed by atoms with Crippen LogP contribution in [-0.4, -0.2) is 5.78 Å². The van der Waals surface area contributed by atoms with Gasteiger partial charge in [-0.25, -0.2) is 0 Å². The van der Waals surface area contributed by atoms with Crippen molar-refractivity contribution >= 4 is 17.5 Å². The van der Waals surface area contributed by atoms with E-state index in [9.17, 15) is 4.79 Å². The van der Waals surface area contributed by atoms with Crippen molar-refractivity contribution in [3.63, 3.8) is 0 Å². The molecule has 2 rings (SSSR count). The van der Waals surface area contributed by atoms with E-state index in [1.54, 1.807) is 36.4 Å². The van der Waals surface area contributed by atoms with E-state index in [1.165, 1.54) is 0 Å². The van der Waals surface area contributed by atoms with Crippen molar-refractivity contribution in [1.29, 1.82) is 0 Å². The largest absolute Gasteiger partial charge is 0.399 e. The fourth-order valence-corrected chi connectivity index (χ4v) is 1.48. The predicted molar refractivity (Wildman–Crippen MR) is 70.7 cm³/mol. The third-order valence-electron chi connectivity index (χ3n) is 2.42. The summed E-state index contributed by atoms with van der Waals surface area (Å²) in [5.41, 5.74) is 7.88. The van der Waals surface area contributed by atoms with Crippen LogP contribution in [0.1, 0.15) is 15.9 Å². The van der Waals surface area contributed by atoms with Gasteiger partial charge in [-0.1, -0.05) is 36.4 Å². The lowest BCUT2D eigenvalue weighted by molar-refractivity contribution is 0.104. The maximum atomic E-state index is 11.8. The van der Waals surface area contributed by atoms with E-state index in [2.05, 4.69) is 0 Å². The number of allylic oxidation sites excluding steroid dienone is 1. The van der Waals surface area contributed by atoms with Crippen LogP contribution in [0.2, 0.25) is 0 Å². The molecule has 0 spiro atoms. The molecule has 0 aliphatic heterocycles. The zero-order valence-corrected chi connectivity index (χ0v) is 9.34. The molecule has 2 heteroatoms. The number of nitrogen functional groups attached to an aromatic ring is 1. The lowest BCUT2D eigenvalue weighted by atomic mass is 10.1. The maximum absolute atomic E-state index is 11.8. The van der Waals surface area contributed by atoms with Crippen LogP contribution in [0.4, 0.5) is 5.69 Å². The van der Waals surface area contributed by atoms with Crippen LogP contribution in [-0.2, 0) is 0 Å². The molecule has 0 aliphatic carbocycles. The highest BCUT2D eigenvalue weighted by Gasteiger charge is 2.00. The van der Waals surface area contributed by atoms with Gasteiger partial charge in [0.05, 0.1) is 0 Å². The molecule has 17 heavy (non-hydrogen) atoms. The maximum Gasteiger partial charge on any atom is 0.185 e. The van der Waals surface area contributed by atoms with Gasteiger partial charge in [0.25, 0.3) is 0 Å². The van der Waals surface area contributed by atoms with Crippen LogP contribution >= 0.6 is 0 Å². The molecule has 0 saturated carbocycles. The number of carbonyl (C=O) groups is 1. The second kappa shape index (κ2) is 5.12. The molecule has 2 N–H and O–H groups in total. The molecule has 0 unspecified atom stereocenters. The Labute approximate surface area is 100 Å². The first-order chi connectivity index (χ1) is 8.25. The molecule has 0 atom stereocenters. The minimum absolute atomic E-state index is 0.0196. The van der Waals surface area contributed by atoms with Gasteiger partial charge in [0.1, 0.15) is 0 Å². The summed E-state index contributed by atoms with van der Waals surface area (Å²) < 4.78 is 0. The number of anilines is 1. The van der Waals surface area contributed by atoms with E-state index in [0.29, 0.717) is 11.3 Å². The third-order valence-corrected chi connectivity index (χ3v) is 2.42. The van der Waals surface area contributed by atoms with Crippen LogP contribution in [0, 0.1) is 0 Å². The molecule has 0 heterocycles. The topological polar surface area (TPSA) is 43.1 Å². The summed E-state index contributed by atoms with van der Waals surface area (Å²) in [5, 5.41) is 0. The first-order valence-corrected chi connectivity index (χ1v) is 5.39. The summed E-state index contributed by atoms with van der Waals surface area (Å²) in [7, 11) is 0. The van der Waals surface area contributed by atoms with E-state index >= 15 is 0 Å². The average molecular weight is 223 g/mol. The fraction of sp³-hybridized carbons (Fsp3) is 0. The number of carbonyl (C=O) groups excluding carboxylic acids is 1. The molecular weight excluding hydrogens is 210 g/mol. The number of hydrogen-bond acceptors (Lipinski definition) is 2. The van der Waals surface area contributed by atoms with Gasteiger partial charge in [-0.3, -0.25) is 4.79 Å². The number of ketones is 1. The number of nitrogens with two attached hydrogens (primary N) is 1. The summed E-state index contributed by atoms with van der Waals surface area (Å²) in [4.78, 5) is 11.8. The summed E-state index contributed by atoms with van der Waals surface area (Å²) in [6.07, 6.45) is 3.37. The third kappa shape index (κ3) is 3.05. The number of rotatable bonds is 3. The molecule has 0 radical (unpaired) electrons. The van der Waals surface area contributed by atoms with Gasteiger partial charge >= 0.3 is 0 Å². The van der Waals surface area contributed by atoms with Crippen molar-refractivity contribution in [1.82, 2.24) is 0 Å². The van der Waals surface area contributed by atoms with E-state index in [-0.39, 0.29) is 5.78 Å². The molecular formula is C15H13NO. The highest BCUT2D eigenvalue weighted by molar-refractivity contribution is 6.06. The second-order valence-electron chi connectivity index (χ2n) is 3.73. The summed E-state index contributed by atoms with van der Waals surface area (Å²) in [5.74, 6) is -0.0196. The molecule has 2 nitrogen and oxygen atoms in total. The monoisotopic (exact) mass is 223 g/mol. The molecule has 2 aromatic carbocycles. The molecule has 0 amide bonds. The lowest BCUT2D eigenvalue weighted by Crippen LogP contribution is -1.94. The normalized spacial score (nSPS) is 10.6. The minimum atomic E-state index is -0.0196. The van der Waals surface area contributed by atoms with Gasteiger partial charge in [0, 0.05) is 11.3 Å². The van der Waals surface area contributed by atoms with E-state index < -0.39 is 0 Å². The Morgan fingerprint density at radius 3 is 2.24 bits per heavy atom. The Kier molecular flexibility index (Phi) is 3.36. The number of hydrogen-bond donors (Lipinski definition) is 1. The van der Waals surface area contributed by atoms with Crippen LogP contribution in [0.3, 0.4) is 0 Å². The van der Waals surface area contributed by atoms with Crippen molar-refractivity contribution in [3.05, 3.63) is 71.8 Å². The molecule has 0 aromatic heterocycles. The van der Waals surface area contributed by atoms with Crippen LogP contribution < -0.4 is 5.73 Å². The Morgan fingerprint density at radius 2 is 1.59 bits per heavy atom. The zero-order chi connectivity index (χ0) is 12.1. The van der Waals surface area contributed by atoms with Crippen molar-refractivity contribution in [2.24, 2.45) is 0 Å². The molecule has 0 fully saturated rings. The quantitative estimate of drug-likeness (QED) is 0.493. The highest BCUT2D eigenvalue weighted by atomic mass is 16.1. The molecule has 0 saturated heterocycles. The highest BCUT2D eigenvalue weighted by Crippen LogP contribution is 2.08. The van der Waals surface area contributed by atoms with Crippen LogP contribution in [0.15, 0.2) is 60.7 Å². The molecule has 84 valence electrons. The van der Waals surface area contributed by atoms with Crippen molar-refractivity contribution in [2.75, 3.05) is 5.73 Å². The van der Waals surface area contributed by atoms with Crippen LogP contribution in [0.25, 0.3) is 6.08 Å². The Balaban J connectivity index is 2.12. The van der Waals surface area contributed by atoms with Gasteiger partial charge in [-0.05, 0) is 35.9 Å². The van der Waals surface area contributed by atoms with E-state index in [1.807, 2.05) is 30.3 Å². The van der Waals surface area contributed by atoms with Crippen molar-refractivity contribution in [3.8, 4) is 0 Å². The van der Waals surface area contributed by atoms with Gasteiger partial charge in [0.15, 0.2) is 5.78 Å². The Hall–Kier alpha value is -2.35. The fourth-order valence-electron chi connectivity index (χ4n) is 1.48. The standard InChI is InChI=1S/C15H13NO/c16-14-9-7-13(8-10-14)15(17)11-6-12-4-2-1-3-5-12/h1-11H,16H2/b11-6+. The Morgan fingerprint density at radius 1 is 0.941 bits per heavy atom. The Bertz CT molecular complexity index is 527. The lowest BCUT2D eigenvalue weighted by Gasteiger charge is -1.96. The smallest absolute Gasteiger partial charge is 0.185 e. The first-order valence-electron chi connectivity index (χ1n) is 5.39. The van der Waals surface area contributed by atoms with E-state index in [0.717, 1.165) is 5.56 Å². The molecule has 0 aliphatic rings.